The molecule has 6 nitrogen and oxygen atoms in total. The molecule has 7 heteroatoms. The van der Waals surface area contributed by atoms with E-state index < -0.39 is 0 Å². The molecule has 0 fully saturated rings. The number of hydrazone groups is 1. The van der Waals surface area contributed by atoms with E-state index in [0.29, 0.717) is 34.2 Å². The summed E-state index contributed by atoms with van der Waals surface area (Å²) in [6.45, 7) is 0. The summed E-state index contributed by atoms with van der Waals surface area (Å²) < 4.78 is 10.9. The Morgan fingerprint density at radius 2 is 1.79 bits per heavy atom. The molecule has 166 valence electrons. The molecule has 0 aliphatic carbocycles. The molecule has 33 heavy (non-hydrogen) atoms. The number of hydrogen-bond acceptors (Lipinski definition) is 5. The van der Waals surface area contributed by atoms with Crippen molar-refractivity contribution in [2.75, 3.05) is 14.2 Å². The quantitative estimate of drug-likeness (QED) is 0.424. The molecule has 0 saturated carbocycles. The van der Waals surface area contributed by atoms with Crippen molar-refractivity contribution in [1.82, 2.24) is 10.4 Å². The van der Waals surface area contributed by atoms with Gasteiger partial charge in [-0.1, -0.05) is 41.9 Å². The topological polar surface area (TPSA) is 75.7 Å². The van der Waals surface area contributed by atoms with Crippen molar-refractivity contribution >= 4 is 28.2 Å². The molecule has 2 heterocycles. The zero-order valence-electron chi connectivity index (χ0n) is 18.2. The fourth-order valence-electron chi connectivity index (χ4n) is 4.33. The SMILES string of the molecule is COc1ccc([C@H]2CC(c3c(-c4ccccc4)c4cc(Cl)ccc4[nH]c3=O)=NN2)c(OC)c1. The van der Waals surface area contributed by atoms with Crippen LogP contribution in [0, 0.1) is 0 Å². The number of aromatic amines is 1. The molecule has 3 aromatic carbocycles. The molecule has 1 aromatic heterocycles. The number of H-pyrrole nitrogens is 1. The van der Waals surface area contributed by atoms with Gasteiger partial charge in [0.15, 0.2) is 0 Å². The number of hydrogen-bond donors (Lipinski definition) is 2. The Balaban J connectivity index is 1.63. The van der Waals surface area contributed by atoms with Gasteiger partial charge in [0, 0.05) is 39.5 Å². The van der Waals surface area contributed by atoms with Crippen molar-refractivity contribution in [3.05, 3.63) is 93.2 Å². The standard InChI is InChI=1S/C26H22ClN3O3/c1-32-17-9-10-18(23(13-17)33-2)21-14-22(30-29-21)25-24(15-6-4-3-5-7-15)19-12-16(27)8-11-20(19)28-26(25)31/h3-13,21,29H,14H2,1-2H3,(H,28,31)/t21-/m1/s1. The van der Waals surface area contributed by atoms with Gasteiger partial charge in [0.1, 0.15) is 11.5 Å². The molecule has 4 aromatic rings. The molecule has 1 aliphatic heterocycles. The number of halogens is 1. The fraction of sp³-hybridized carbons (Fsp3) is 0.154. The lowest BCUT2D eigenvalue weighted by molar-refractivity contribution is 0.386. The van der Waals surface area contributed by atoms with Crippen molar-refractivity contribution in [2.24, 2.45) is 5.10 Å². The van der Waals surface area contributed by atoms with Gasteiger partial charge in [-0.25, -0.2) is 0 Å². The number of methoxy groups -OCH3 is 2. The molecule has 1 aliphatic rings. The van der Waals surface area contributed by atoms with Crippen LogP contribution < -0.4 is 20.5 Å². The van der Waals surface area contributed by atoms with Crippen LogP contribution in [0.5, 0.6) is 11.5 Å². The van der Waals surface area contributed by atoms with E-state index in [1.165, 1.54) is 0 Å². The number of nitrogens with zero attached hydrogens (tertiary/aromatic N) is 1. The molecular weight excluding hydrogens is 438 g/mol. The Morgan fingerprint density at radius 3 is 2.55 bits per heavy atom. The second-order valence-corrected chi connectivity index (χ2v) is 8.25. The van der Waals surface area contributed by atoms with Gasteiger partial charge in [-0.2, -0.15) is 5.10 Å². The van der Waals surface area contributed by atoms with E-state index in [4.69, 9.17) is 21.1 Å². The van der Waals surface area contributed by atoms with Gasteiger partial charge in [0.05, 0.1) is 31.5 Å². The highest BCUT2D eigenvalue weighted by atomic mass is 35.5. The van der Waals surface area contributed by atoms with Crippen LogP contribution in [-0.2, 0) is 0 Å². The van der Waals surface area contributed by atoms with E-state index in [9.17, 15) is 4.79 Å². The first-order chi connectivity index (χ1) is 16.1. The molecule has 0 unspecified atom stereocenters. The van der Waals surface area contributed by atoms with Crippen LogP contribution in [0.15, 0.2) is 76.6 Å². The van der Waals surface area contributed by atoms with Crippen molar-refractivity contribution in [3.8, 4) is 22.6 Å². The molecular formula is C26H22ClN3O3. The summed E-state index contributed by atoms with van der Waals surface area (Å²) in [7, 11) is 3.24. The third-order valence-electron chi connectivity index (χ3n) is 5.90. The maximum absolute atomic E-state index is 13.3. The Labute approximate surface area is 195 Å². The third kappa shape index (κ3) is 3.83. The second-order valence-electron chi connectivity index (χ2n) is 7.81. The first-order valence-corrected chi connectivity index (χ1v) is 10.9. The summed E-state index contributed by atoms with van der Waals surface area (Å²) in [6, 6.07) is 20.9. The van der Waals surface area contributed by atoms with Crippen LogP contribution in [0.2, 0.25) is 5.02 Å². The first kappa shape index (κ1) is 21.1. The maximum Gasteiger partial charge on any atom is 0.258 e. The van der Waals surface area contributed by atoms with E-state index in [-0.39, 0.29) is 11.6 Å². The monoisotopic (exact) mass is 459 g/mol. The van der Waals surface area contributed by atoms with Gasteiger partial charge in [-0.3, -0.25) is 4.79 Å². The summed E-state index contributed by atoms with van der Waals surface area (Å²) in [5, 5.41) is 6.06. The number of pyridine rings is 1. The minimum absolute atomic E-state index is 0.140. The smallest absolute Gasteiger partial charge is 0.258 e. The zero-order chi connectivity index (χ0) is 22.9. The molecule has 1 atom stereocenters. The minimum atomic E-state index is -0.188. The van der Waals surface area contributed by atoms with Crippen LogP contribution in [0.1, 0.15) is 23.6 Å². The predicted octanol–water partition coefficient (Wildman–Crippen LogP) is 5.30. The average molecular weight is 460 g/mol. The molecule has 0 bridgehead atoms. The Kier molecular flexibility index (Phi) is 5.52. The summed E-state index contributed by atoms with van der Waals surface area (Å²) in [4.78, 5) is 16.3. The summed E-state index contributed by atoms with van der Waals surface area (Å²) in [5.41, 5.74) is 7.64. The van der Waals surface area contributed by atoms with Gasteiger partial charge >= 0.3 is 0 Å². The highest BCUT2D eigenvalue weighted by molar-refractivity contribution is 6.31. The van der Waals surface area contributed by atoms with Crippen LogP contribution in [0.3, 0.4) is 0 Å². The molecule has 0 radical (unpaired) electrons. The molecule has 0 saturated heterocycles. The van der Waals surface area contributed by atoms with E-state index in [2.05, 4.69) is 15.5 Å². The lowest BCUT2D eigenvalue weighted by atomic mass is 9.91. The van der Waals surface area contributed by atoms with Gasteiger partial charge < -0.3 is 19.9 Å². The van der Waals surface area contributed by atoms with Crippen LogP contribution in [0.4, 0.5) is 0 Å². The number of fused-ring (bicyclic) bond motifs is 1. The summed E-state index contributed by atoms with van der Waals surface area (Å²) in [5.74, 6) is 1.41. The van der Waals surface area contributed by atoms with Crippen molar-refractivity contribution in [1.29, 1.82) is 0 Å². The van der Waals surface area contributed by atoms with E-state index in [1.54, 1.807) is 20.3 Å². The third-order valence-corrected chi connectivity index (χ3v) is 6.13. The number of benzene rings is 3. The van der Waals surface area contributed by atoms with Crippen LogP contribution in [0.25, 0.3) is 22.0 Å². The van der Waals surface area contributed by atoms with Crippen LogP contribution in [-0.4, -0.2) is 24.9 Å². The Bertz CT molecular complexity index is 1430. The molecule has 0 spiro atoms. The lowest BCUT2D eigenvalue weighted by Gasteiger charge is -2.16. The normalized spacial score (nSPS) is 15.2. The Hall–Kier alpha value is -3.77. The maximum atomic E-state index is 13.3. The van der Waals surface area contributed by atoms with Gasteiger partial charge in [0.25, 0.3) is 5.56 Å². The van der Waals surface area contributed by atoms with E-state index >= 15 is 0 Å². The first-order valence-electron chi connectivity index (χ1n) is 10.5. The van der Waals surface area contributed by atoms with Crippen LogP contribution >= 0.6 is 11.6 Å². The van der Waals surface area contributed by atoms with Crippen molar-refractivity contribution in [3.63, 3.8) is 0 Å². The Morgan fingerprint density at radius 1 is 0.970 bits per heavy atom. The van der Waals surface area contributed by atoms with Crippen molar-refractivity contribution in [2.45, 2.75) is 12.5 Å². The molecule has 5 rings (SSSR count). The average Bonchev–Trinajstić information content (AvgIpc) is 3.33. The van der Waals surface area contributed by atoms with Gasteiger partial charge in [0.2, 0.25) is 0 Å². The highest BCUT2D eigenvalue weighted by Gasteiger charge is 2.28. The second kappa shape index (κ2) is 8.64. The fourth-order valence-corrected chi connectivity index (χ4v) is 4.50. The number of rotatable bonds is 5. The highest BCUT2D eigenvalue weighted by Crippen LogP contribution is 2.37. The molecule has 0 amide bonds. The molecule has 2 N–H and O–H groups in total. The zero-order valence-corrected chi connectivity index (χ0v) is 18.9. The minimum Gasteiger partial charge on any atom is -0.497 e. The summed E-state index contributed by atoms with van der Waals surface area (Å²) >= 11 is 6.33. The van der Waals surface area contributed by atoms with E-state index in [0.717, 1.165) is 27.6 Å². The largest absolute Gasteiger partial charge is 0.497 e. The predicted molar refractivity (Wildman–Crippen MR) is 132 cm³/mol. The summed E-state index contributed by atoms with van der Waals surface area (Å²) in [6.07, 6.45) is 0.525. The van der Waals surface area contributed by atoms with E-state index in [1.807, 2.05) is 60.7 Å². The van der Waals surface area contributed by atoms with Gasteiger partial charge in [-0.05, 0) is 35.9 Å². The number of ether oxygens (including phenoxy) is 2. The van der Waals surface area contributed by atoms with Gasteiger partial charge in [-0.15, -0.1) is 0 Å². The van der Waals surface area contributed by atoms with Crippen molar-refractivity contribution < 1.29 is 9.47 Å². The number of nitrogens with one attached hydrogen (secondary N) is 2. The number of aromatic nitrogens is 1. The lowest BCUT2D eigenvalue weighted by Crippen LogP contribution is -2.20.